The molecule has 0 aliphatic heterocycles. The number of allylic oxidation sites excluding steroid dienone is 1. The number of aromatic nitrogens is 1. The van der Waals surface area contributed by atoms with Crippen LogP contribution in [0.15, 0.2) is 36.4 Å². The molecule has 3 nitrogen and oxygen atoms in total. The third-order valence-electron chi connectivity index (χ3n) is 3.66. The predicted molar refractivity (Wildman–Crippen MR) is 98.4 cm³/mol. The Kier molecular flexibility index (Phi) is 7.29. The summed E-state index contributed by atoms with van der Waals surface area (Å²) in [5.74, 6) is -1.28. The Balaban J connectivity index is 3.05. The molecule has 0 bridgehead atoms. The molecule has 28 heavy (non-hydrogen) atoms. The average molecular weight is 464 g/mol. The molecule has 1 aromatic carbocycles. The zero-order valence-electron chi connectivity index (χ0n) is 14.6. The lowest BCUT2D eigenvalue weighted by molar-refractivity contribution is -0.142. The molecule has 0 fully saturated rings. The highest BCUT2D eigenvalue weighted by molar-refractivity contribution is 9.09. The topological polar surface area (TPSA) is 39.2 Å². The van der Waals surface area contributed by atoms with Crippen molar-refractivity contribution in [2.24, 2.45) is 0 Å². The fourth-order valence-electron chi connectivity index (χ4n) is 2.63. The Bertz CT molecular complexity index is 867. The summed E-state index contributed by atoms with van der Waals surface area (Å²) >= 11 is 3.10. The second-order valence-corrected chi connectivity index (χ2v) is 6.10. The minimum Gasteiger partial charge on any atom is -0.462 e. The van der Waals surface area contributed by atoms with Crippen LogP contribution in [0.25, 0.3) is 17.2 Å². The Morgan fingerprint density at radius 1 is 1.25 bits per heavy atom. The van der Waals surface area contributed by atoms with Gasteiger partial charge >= 0.3 is 12.1 Å². The lowest BCUT2D eigenvalue weighted by Gasteiger charge is -2.20. The first-order chi connectivity index (χ1) is 13.2. The molecule has 0 aliphatic carbocycles. The van der Waals surface area contributed by atoms with Crippen molar-refractivity contribution in [2.45, 2.75) is 19.5 Å². The molecule has 0 atom stereocenters. The van der Waals surface area contributed by atoms with E-state index in [1.165, 1.54) is 43.3 Å². The number of rotatable bonds is 6. The van der Waals surface area contributed by atoms with Gasteiger partial charge < -0.3 is 4.74 Å². The van der Waals surface area contributed by atoms with Gasteiger partial charge in [-0.2, -0.15) is 13.2 Å². The van der Waals surface area contributed by atoms with Crippen molar-refractivity contribution in [1.82, 2.24) is 4.98 Å². The van der Waals surface area contributed by atoms with Crippen LogP contribution in [0.1, 0.15) is 40.7 Å². The second-order valence-electron chi connectivity index (χ2n) is 5.45. The van der Waals surface area contributed by atoms with Gasteiger partial charge in [0.2, 0.25) is 0 Å². The molecule has 9 heteroatoms. The molecule has 2 rings (SSSR count). The number of esters is 1. The molecule has 0 saturated heterocycles. The van der Waals surface area contributed by atoms with Gasteiger partial charge in [-0.15, -0.1) is 0 Å². The van der Waals surface area contributed by atoms with E-state index in [0.29, 0.717) is 0 Å². The van der Waals surface area contributed by atoms with Gasteiger partial charge in [0.15, 0.2) is 5.69 Å². The highest BCUT2D eigenvalue weighted by Crippen LogP contribution is 2.41. The fraction of sp³-hybridized carbons (Fsp3) is 0.263. The minimum absolute atomic E-state index is 0.162. The molecular weight excluding hydrogens is 449 g/mol. The van der Waals surface area contributed by atoms with Crippen LogP contribution >= 0.6 is 15.9 Å². The van der Waals surface area contributed by atoms with Crippen molar-refractivity contribution in [3.05, 3.63) is 58.9 Å². The van der Waals surface area contributed by atoms with E-state index in [9.17, 15) is 26.7 Å². The molecule has 2 aromatic rings. The molecule has 0 unspecified atom stereocenters. The first-order valence-electron chi connectivity index (χ1n) is 8.10. The minimum atomic E-state index is -5.13. The van der Waals surface area contributed by atoms with Crippen LogP contribution in [-0.2, 0) is 10.9 Å². The second kappa shape index (κ2) is 9.27. The standard InChI is InChI=1S/C19H15BrF5NO2/c1-2-28-18(27)14-13(11-7-4-3-5-8-11)12(9-6-10-20)15(17(21)22)26-16(14)19(23,24)25/h3-9,17H,2,10H2,1H3. The van der Waals surface area contributed by atoms with Crippen molar-refractivity contribution < 1.29 is 31.5 Å². The van der Waals surface area contributed by atoms with E-state index in [0.717, 1.165) is 0 Å². The van der Waals surface area contributed by atoms with Gasteiger partial charge in [0.1, 0.15) is 5.69 Å². The maximum absolute atomic E-state index is 13.6. The van der Waals surface area contributed by atoms with E-state index in [1.807, 2.05) is 0 Å². The van der Waals surface area contributed by atoms with Crippen LogP contribution in [0.5, 0.6) is 0 Å². The molecule has 0 radical (unpaired) electrons. The lowest BCUT2D eigenvalue weighted by atomic mass is 9.91. The van der Waals surface area contributed by atoms with Crippen molar-refractivity contribution in [3.8, 4) is 11.1 Å². The van der Waals surface area contributed by atoms with E-state index in [-0.39, 0.29) is 28.6 Å². The van der Waals surface area contributed by atoms with Crippen LogP contribution in [0, 0.1) is 0 Å². The molecule has 0 amide bonds. The van der Waals surface area contributed by atoms with Crippen LogP contribution in [0.4, 0.5) is 22.0 Å². The van der Waals surface area contributed by atoms with Gasteiger partial charge in [-0.1, -0.05) is 58.4 Å². The van der Waals surface area contributed by atoms with E-state index in [4.69, 9.17) is 4.74 Å². The zero-order chi connectivity index (χ0) is 20.9. The molecule has 0 spiro atoms. The summed E-state index contributed by atoms with van der Waals surface area (Å²) in [4.78, 5) is 15.6. The summed E-state index contributed by atoms with van der Waals surface area (Å²) in [5.41, 5.74) is -4.05. The van der Waals surface area contributed by atoms with Gasteiger partial charge in [-0.05, 0) is 12.5 Å². The van der Waals surface area contributed by atoms with Crippen molar-refractivity contribution in [2.75, 3.05) is 11.9 Å². The first-order valence-corrected chi connectivity index (χ1v) is 9.22. The third-order valence-corrected chi connectivity index (χ3v) is 4.03. The SMILES string of the molecule is CCOC(=O)c1c(C(F)(F)F)nc(C(F)F)c(C=CCBr)c1-c1ccccc1. The van der Waals surface area contributed by atoms with E-state index < -0.39 is 35.5 Å². The first kappa shape index (κ1) is 22.0. The summed E-state index contributed by atoms with van der Waals surface area (Å²) in [6, 6.07) is 7.52. The molecular formula is C19H15BrF5NO2. The van der Waals surface area contributed by atoms with Gasteiger partial charge in [0.25, 0.3) is 6.43 Å². The van der Waals surface area contributed by atoms with Crippen LogP contribution in [-0.4, -0.2) is 22.9 Å². The Morgan fingerprint density at radius 2 is 1.89 bits per heavy atom. The van der Waals surface area contributed by atoms with Gasteiger partial charge in [0.05, 0.1) is 12.2 Å². The van der Waals surface area contributed by atoms with Crippen LogP contribution in [0.3, 0.4) is 0 Å². The number of pyridine rings is 1. The highest BCUT2D eigenvalue weighted by atomic mass is 79.9. The predicted octanol–water partition coefficient (Wildman–Crippen LogP) is 6.29. The molecule has 1 heterocycles. The Labute approximate surface area is 166 Å². The maximum Gasteiger partial charge on any atom is 0.434 e. The number of carbonyl (C=O) groups excluding carboxylic acids is 1. The van der Waals surface area contributed by atoms with E-state index in [2.05, 4.69) is 20.9 Å². The number of halogens is 6. The van der Waals surface area contributed by atoms with Gasteiger partial charge in [0, 0.05) is 16.5 Å². The number of hydrogen-bond donors (Lipinski definition) is 0. The van der Waals surface area contributed by atoms with Crippen molar-refractivity contribution in [3.63, 3.8) is 0 Å². The number of carbonyl (C=O) groups is 1. The molecule has 0 saturated carbocycles. The molecule has 1 aromatic heterocycles. The number of benzene rings is 1. The van der Waals surface area contributed by atoms with E-state index >= 15 is 0 Å². The van der Waals surface area contributed by atoms with Crippen LogP contribution in [0.2, 0.25) is 0 Å². The third kappa shape index (κ3) is 4.76. The summed E-state index contributed by atoms with van der Waals surface area (Å²) < 4.78 is 72.9. The summed E-state index contributed by atoms with van der Waals surface area (Å²) in [6.07, 6.45) is -5.77. The Morgan fingerprint density at radius 3 is 2.39 bits per heavy atom. The maximum atomic E-state index is 13.6. The summed E-state index contributed by atoms with van der Waals surface area (Å²) in [7, 11) is 0. The summed E-state index contributed by atoms with van der Waals surface area (Å²) in [5, 5.41) is 0.264. The number of nitrogens with zero attached hydrogens (tertiary/aromatic N) is 1. The largest absolute Gasteiger partial charge is 0.462 e. The molecule has 0 aliphatic rings. The number of hydrogen-bond acceptors (Lipinski definition) is 3. The summed E-state index contributed by atoms with van der Waals surface area (Å²) in [6.45, 7) is 1.24. The quantitative estimate of drug-likeness (QED) is 0.287. The van der Waals surface area contributed by atoms with Gasteiger partial charge in [-0.25, -0.2) is 18.6 Å². The van der Waals surface area contributed by atoms with Crippen LogP contribution < -0.4 is 0 Å². The smallest absolute Gasteiger partial charge is 0.434 e. The van der Waals surface area contributed by atoms with Crippen molar-refractivity contribution in [1.29, 1.82) is 0 Å². The number of ether oxygens (including phenoxy) is 1. The monoisotopic (exact) mass is 463 g/mol. The Hall–Kier alpha value is -2.29. The molecule has 150 valence electrons. The van der Waals surface area contributed by atoms with E-state index in [1.54, 1.807) is 6.07 Å². The average Bonchev–Trinajstić information content (AvgIpc) is 2.65. The normalized spacial score (nSPS) is 12.0. The molecule has 0 N–H and O–H groups in total. The fourth-order valence-corrected chi connectivity index (χ4v) is 2.81. The van der Waals surface area contributed by atoms with Gasteiger partial charge in [-0.3, -0.25) is 0 Å². The number of alkyl halides is 6. The highest BCUT2D eigenvalue weighted by Gasteiger charge is 2.42. The van der Waals surface area contributed by atoms with Crippen molar-refractivity contribution >= 4 is 28.0 Å². The zero-order valence-corrected chi connectivity index (χ0v) is 16.2. The lowest BCUT2D eigenvalue weighted by Crippen LogP contribution is -2.21.